The van der Waals surface area contributed by atoms with Crippen LogP contribution in [-0.4, -0.2) is 51.9 Å². The number of amides is 1. The van der Waals surface area contributed by atoms with Gasteiger partial charge < -0.3 is 5.32 Å². The van der Waals surface area contributed by atoms with Gasteiger partial charge in [-0.05, 0) is 37.0 Å². The van der Waals surface area contributed by atoms with Gasteiger partial charge >= 0.3 is 0 Å². The molecule has 1 aromatic rings. The summed E-state index contributed by atoms with van der Waals surface area (Å²) in [5, 5.41) is 2.76. The van der Waals surface area contributed by atoms with E-state index in [1.807, 2.05) is 0 Å². The molecule has 1 unspecified atom stereocenters. The maximum absolute atomic E-state index is 12.7. The number of hydrogen-bond acceptors (Lipinski definition) is 5. The highest BCUT2D eigenvalue weighted by Crippen LogP contribution is 2.23. The largest absolute Gasteiger partial charge is 0.325 e. The highest BCUT2D eigenvalue weighted by atomic mass is 32.2. The lowest BCUT2D eigenvalue weighted by Gasteiger charge is -2.33. The van der Waals surface area contributed by atoms with Gasteiger partial charge in [-0.15, -0.1) is 6.58 Å². The smallest absolute Gasteiger partial charge is 0.242 e. The van der Waals surface area contributed by atoms with E-state index in [0.29, 0.717) is 30.6 Å². The second-order valence-corrected chi connectivity index (χ2v) is 10.9. The average Bonchev–Trinajstić information content (AvgIpc) is 2.67. The maximum Gasteiger partial charge on any atom is 0.242 e. The summed E-state index contributed by atoms with van der Waals surface area (Å²) in [7, 11) is -6.92. The number of carbonyl (C=O) groups excluding carboxylic acids is 1. The minimum atomic E-state index is -3.46. The Labute approximate surface area is 173 Å². The van der Waals surface area contributed by atoms with Crippen molar-refractivity contribution in [2.24, 2.45) is 0 Å². The van der Waals surface area contributed by atoms with Crippen LogP contribution in [0.1, 0.15) is 38.2 Å². The Morgan fingerprint density at radius 3 is 2.52 bits per heavy atom. The van der Waals surface area contributed by atoms with Crippen LogP contribution in [-0.2, 0) is 30.6 Å². The van der Waals surface area contributed by atoms with Crippen LogP contribution in [0.3, 0.4) is 0 Å². The molecule has 1 aliphatic rings. The summed E-state index contributed by atoms with van der Waals surface area (Å²) in [6.45, 7) is 5.79. The van der Waals surface area contributed by atoms with Crippen LogP contribution >= 0.6 is 0 Å². The lowest BCUT2D eigenvalue weighted by molar-refractivity contribution is -0.120. The van der Waals surface area contributed by atoms with Crippen LogP contribution in [0.5, 0.6) is 0 Å². The van der Waals surface area contributed by atoms with Crippen LogP contribution in [0.25, 0.3) is 0 Å². The topological polar surface area (TPSA) is 113 Å². The monoisotopic (exact) mass is 443 g/mol. The third kappa shape index (κ3) is 6.91. The number of rotatable bonds is 10. The van der Waals surface area contributed by atoms with Gasteiger partial charge in [-0.3, -0.25) is 4.79 Å². The van der Waals surface area contributed by atoms with Gasteiger partial charge in [-0.2, -0.15) is 4.31 Å². The molecule has 162 valence electrons. The molecule has 1 atom stereocenters. The van der Waals surface area contributed by atoms with Crippen LogP contribution in [0.4, 0.5) is 5.69 Å². The zero-order chi connectivity index (χ0) is 21.5. The molecule has 1 fully saturated rings. The summed E-state index contributed by atoms with van der Waals surface area (Å²) in [5.74, 6) is -0.516. The first-order valence-corrected chi connectivity index (χ1v) is 12.9. The summed E-state index contributed by atoms with van der Waals surface area (Å²) in [6.07, 6.45) is 3.99. The molecule has 1 saturated heterocycles. The molecule has 1 aliphatic heterocycles. The molecule has 1 heterocycles. The van der Waals surface area contributed by atoms with Crippen molar-refractivity contribution in [3.8, 4) is 0 Å². The molecular formula is C19H29N3O5S2. The van der Waals surface area contributed by atoms with Crippen molar-refractivity contribution < 1.29 is 21.6 Å². The number of nitrogens with one attached hydrogen (secondary N) is 2. The summed E-state index contributed by atoms with van der Waals surface area (Å²) in [6, 6.07) is 5.75. The molecule has 0 aromatic heterocycles. The van der Waals surface area contributed by atoms with E-state index < -0.39 is 26.1 Å². The molecule has 0 spiro atoms. The van der Waals surface area contributed by atoms with Crippen LogP contribution in [0, 0.1) is 0 Å². The zero-order valence-corrected chi connectivity index (χ0v) is 18.3. The first kappa shape index (κ1) is 23.5. The summed E-state index contributed by atoms with van der Waals surface area (Å²) < 4.78 is 52.5. The first-order chi connectivity index (χ1) is 13.7. The van der Waals surface area contributed by atoms with E-state index in [-0.39, 0.29) is 24.0 Å². The number of carbonyl (C=O) groups is 1. The van der Waals surface area contributed by atoms with Crippen molar-refractivity contribution in [2.75, 3.05) is 24.2 Å². The molecule has 1 aromatic carbocycles. The Hall–Kier alpha value is -1.75. The van der Waals surface area contributed by atoms with Gasteiger partial charge in [0.2, 0.25) is 26.0 Å². The fourth-order valence-corrected chi connectivity index (χ4v) is 6.09. The molecule has 29 heavy (non-hydrogen) atoms. The predicted octanol–water partition coefficient (Wildman–Crippen LogP) is 1.82. The molecule has 10 heteroatoms. The van der Waals surface area contributed by atoms with Gasteiger partial charge in [-0.25, -0.2) is 21.6 Å². The average molecular weight is 444 g/mol. The number of hydrogen-bond donors (Lipinski definition) is 2. The number of anilines is 1. The van der Waals surface area contributed by atoms with Crippen molar-refractivity contribution in [2.45, 2.75) is 44.4 Å². The van der Waals surface area contributed by atoms with E-state index in [1.54, 1.807) is 31.2 Å². The molecule has 2 rings (SSSR count). The third-order valence-electron chi connectivity index (χ3n) is 4.60. The Morgan fingerprint density at radius 2 is 1.90 bits per heavy atom. The minimum Gasteiger partial charge on any atom is -0.325 e. The fourth-order valence-electron chi connectivity index (χ4n) is 3.24. The Balaban J connectivity index is 2.05. The van der Waals surface area contributed by atoms with E-state index in [2.05, 4.69) is 16.6 Å². The van der Waals surface area contributed by atoms with E-state index in [0.717, 1.165) is 12.8 Å². The molecular weight excluding hydrogens is 414 g/mol. The zero-order valence-electron chi connectivity index (χ0n) is 16.6. The summed E-state index contributed by atoms with van der Waals surface area (Å²) >= 11 is 0. The number of benzene rings is 1. The summed E-state index contributed by atoms with van der Waals surface area (Å²) in [4.78, 5) is 12.7. The molecule has 0 saturated carbocycles. The highest BCUT2D eigenvalue weighted by Gasteiger charge is 2.36. The lowest BCUT2D eigenvalue weighted by atomic mass is 10.0. The van der Waals surface area contributed by atoms with E-state index in [9.17, 15) is 21.6 Å². The number of nitrogens with zero attached hydrogens (tertiary/aromatic N) is 1. The van der Waals surface area contributed by atoms with Crippen LogP contribution in [0.2, 0.25) is 0 Å². The van der Waals surface area contributed by atoms with Crippen molar-refractivity contribution in [3.63, 3.8) is 0 Å². The normalized spacial score (nSPS) is 18.3. The van der Waals surface area contributed by atoms with E-state index in [4.69, 9.17) is 0 Å². The Morgan fingerprint density at radius 1 is 1.21 bits per heavy atom. The van der Waals surface area contributed by atoms with Gasteiger partial charge in [0.05, 0.1) is 11.5 Å². The Bertz CT molecular complexity index is 912. The van der Waals surface area contributed by atoms with Gasteiger partial charge in [0.25, 0.3) is 0 Å². The summed E-state index contributed by atoms with van der Waals surface area (Å²) in [5.41, 5.74) is 1.07. The van der Waals surface area contributed by atoms with Gasteiger partial charge in [0.15, 0.2) is 0 Å². The standard InChI is InChI=1S/C19H29N3O5S2/c1-3-12-20-28(24,25)15-16-8-10-17(11-9-16)21-19(23)18-7-5-6-13-22(18)29(26,27)14-4-2/h3,8-11,18,20H,1,4-7,12-15H2,2H3,(H,21,23). The second kappa shape index (κ2) is 10.3. The fraction of sp³-hybridized carbons (Fsp3) is 0.526. The van der Waals surface area contributed by atoms with Gasteiger partial charge in [0, 0.05) is 18.8 Å². The van der Waals surface area contributed by atoms with E-state index >= 15 is 0 Å². The molecule has 0 radical (unpaired) electrons. The van der Waals surface area contributed by atoms with Crippen LogP contribution in [0.15, 0.2) is 36.9 Å². The predicted molar refractivity (Wildman–Crippen MR) is 114 cm³/mol. The molecule has 1 amide bonds. The SMILES string of the molecule is C=CCNS(=O)(=O)Cc1ccc(NC(=O)C2CCCCN2S(=O)(=O)CCC)cc1. The maximum atomic E-state index is 12.7. The molecule has 0 bridgehead atoms. The van der Waals surface area contributed by atoms with Crippen molar-refractivity contribution in [3.05, 3.63) is 42.5 Å². The lowest BCUT2D eigenvalue weighted by Crippen LogP contribution is -2.50. The third-order valence-corrected chi connectivity index (χ3v) is 8.00. The van der Waals surface area contributed by atoms with Crippen molar-refractivity contribution in [1.82, 2.24) is 9.03 Å². The van der Waals surface area contributed by atoms with Crippen LogP contribution < -0.4 is 10.0 Å². The van der Waals surface area contributed by atoms with Gasteiger partial charge in [-0.1, -0.05) is 31.6 Å². The second-order valence-electron chi connectivity index (χ2n) is 7.02. The highest BCUT2D eigenvalue weighted by molar-refractivity contribution is 7.89. The van der Waals surface area contributed by atoms with Crippen molar-refractivity contribution in [1.29, 1.82) is 0 Å². The molecule has 0 aliphatic carbocycles. The number of sulfonamides is 2. The number of piperidine rings is 1. The quantitative estimate of drug-likeness (QED) is 0.536. The molecule has 2 N–H and O–H groups in total. The molecule has 8 nitrogen and oxygen atoms in total. The van der Waals surface area contributed by atoms with Crippen molar-refractivity contribution >= 4 is 31.6 Å². The van der Waals surface area contributed by atoms with E-state index in [1.165, 1.54) is 10.4 Å². The minimum absolute atomic E-state index is 0.0276. The first-order valence-electron chi connectivity index (χ1n) is 9.66. The van der Waals surface area contributed by atoms with Gasteiger partial charge in [0.1, 0.15) is 6.04 Å². The Kier molecular flexibility index (Phi) is 8.38.